The predicted octanol–water partition coefficient (Wildman–Crippen LogP) is 5.26. The summed E-state index contributed by atoms with van der Waals surface area (Å²) in [5, 5.41) is 0. The van der Waals surface area contributed by atoms with Crippen LogP contribution in [0.15, 0.2) is 84.1 Å². The van der Waals surface area contributed by atoms with Crippen LogP contribution in [0.1, 0.15) is 30.5 Å². The Labute approximate surface area is 143 Å². The van der Waals surface area contributed by atoms with Gasteiger partial charge in [0.25, 0.3) is 0 Å². The summed E-state index contributed by atoms with van der Waals surface area (Å²) in [7, 11) is 0. The minimum absolute atomic E-state index is 0.214. The monoisotopic (exact) mass is 311 g/mol. The van der Waals surface area contributed by atoms with Gasteiger partial charge >= 0.3 is 0 Å². The first-order valence-corrected chi connectivity index (χ1v) is 8.45. The molecule has 118 valence electrons. The van der Waals surface area contributed by atoms with Crippen LogP contribution in [0.5, 0.6) is 0 Å². The molecule has 0 heterocycles. The number of anilines is 1. The van der Waals surface area contributed by atoms with Gasteiger partial charge in [-0.15, -0.1) is 5.73 Å². The summed E-state index contributed by atoms with van der Waals surface area (Å²) in [5.41, 5.74) is 16.6. The highest BCUT2D eigenvalue weighted by atomic mass is 14.6. The topological polar surface area (TPSA) is 26.0 Å². The van der Waals surface area contributed by atoms with Crippen molar-refractivity contribution in [1.82, 2.24) is 0 Å². The van der Waals surface area contributed by atoms with Gasteiger partial charge in [-0.2, -0.15) is 0 Å². The smallest absolute Gasteiger partial charge is 0.0570 e. The fourth-order valence-electron chi connectivity index (χ4n) is 4.33. The Morgan fingerprint density at radius 1 is 1.00 bits per heavy atom. The quantitative estimate of drug-likeness (QED) is 0.594. The van der Waals surface area contributed by atoms with Crippen molar-refractivity contribution in [3.63, 3.8) is 0 Å². The van der Waals surface area contributed by atoms with E-state index in [1.165, 1.54) is 27.8 Å². The van der Waals surface area contributed by atoms with Gasteiger partial charge in [-0.25, -0.2) is 0 Å². The summed E-state index contributed by atoms with van der Waals surface area (Å²) in [6.07, 6.45) is 8.85. The van der Waals surface area contributed by atoms with Crippen LogP contribution < -0.4 is 5.73 Å². The highest BCUT2D eigenvalue weighted by molar-refractivity contribution is 5.93. The van der Waals surface area contributed by atoms with E-state index in [-0.39, 0.29) is 5.41 Å². The first kappa shape index (κ1) is 14.8. The maximum atomic E-state index is 6.19. The maximum Gasteiger partial charge on any atom is 0.0570 e. The van der Waals surface area contributed by atoms with E-state index in [0.29, 0.717) is 5.92 Å². The number of rotatable bonds is 2. The fraction of sp³-hybridized carbons (Fsp3) is 0.174. The van der Waals surface area contributed by atoms with Gasteiger partial charge in [0.1, 0.15) is 0 Å². The molecule has 2 aromatic carbocycles. The molecule has 24 heavy (non-hydrogen) atoms. The third kappa shape index (κ3) is 1.76. The standard InChI is InChI=1S/C23H21N/c1-3-19-20-14-13-18(24)15-22(20)23(21(19)4-2,17-11-8-12-17)16-9-6-5-7-10-16/h3-7,9-15,17H,24H2,1-2H3/b19-3-,21-4+. The Morgan fingerprint density at radius 3 is 2.33 bits per heavy atom. The molecule has 2 aliphatic carbocycles. The largest absolute Gasteiger partial charge is 0.399 e. The minimum Gasteiger partial charge on any atom is -0.399 e. The van der Waals surface area contributed by atoms with Gasteiger partial charge in [-0.05, 0) is 66.0 Å². The van der Waals surface area contributed by atoms with E-state index < -0.39 is 0 Å². The van der Waals surface area contributed by atoms with Gasteiger partial charge in [-0.1, -0.05) is 48.6 Å². The number of nitrogens with two attached hydrogens (primary N) is 1. The molecule has 2 N–H and O–H groups in total. The molecule has 2 aliphatic rings. The van der Waals surface area contributed by atoms with E-state index >= 15 is 0 Å². The van der Waals surface area contributed by atoms with E-state index in [9.17, 15) is 0 Å². The Balaban J connectivity index is 2.13. The lowest BCUT2D eigenvalue weighted by atomic mass is 9.62. The Hall–Kier alpha value is -2.76. The second-order valence-corrected chi connectivity index (χ2v) is 6.41. The third-order valence-corrected chi connectivity index (χ3v) is 5.33. The van der Waals surface area contributed by atoms with Gasteiger partial charge in [-0.3, -0.25) is 0 Å². The molecule has 1 heteroatoms. The summed E-state index contributed by atoms with van der Waals surface area (Å²) >= 11 is 0. The number of nitrogen functional groups attached to an aromatic ring is 1. The zero-order valence-corrected chi connectivity index (χ0v) is 14.1. The summed E-state index contributed by atoms with van der Waals surface area (Å²) in [5.74, 6) is 0.295. The van der Waals surface area contributed by atoms with Gasteiger partial charge in [0, 0.05) is 11.6 Å². The summed E-state index contributed by atoms with van der Waals surface area (Å²) < 4.78 is 0. The van der Waals surface area contributed by atoms with E-state index in [0.717, 1.165) is 5.69 Å². The third-order valence-electron chi connectivity index (χ3n) is 5.33. The lowest BCUT2D eigenvalue weighted by Gasteiger charge is -2.39. The molecule has 0 amide bonds. The van der Waals surface area contributed by atoms with Crippen molar-refractivity contribution in [2.24, 2.45) is 5.92 Å². The van der Waals surface area contributed by atoms with Crippen LogP contribution in [0.2, 0.25) is 0 Å². The number of allylic oxidation sites excluding steroid dienone is 5. The highest BCUT2D eigenvalue weighted by Crippen LogP contribution is 2.59. The van der Waals surface area contributed by atoms with Crippen molar-refractivity contribution >= 4 is 11.3 Å². The Bertz CT molecular complexity index is 916. The van der Waals surface area contributed by atoms with Gasteiger partial charge in [0.05, 0.1) is 5.41 Å². The second-order valence-electron chi connectivity index (χ2n) is 6.41. The molecule has 0 bridgehead atoms. The predicted molar refractivity (Wildman–Crippen MR) is 102 cm³/mol. The molecule has 1 nitrogen and oxygen atoms in total. The lowest BCUT2D eigenvalue weighted by molar-refractivity contribution is 0.525. The molecule has 0 saturated carbocycles. The average Bonchev–Trinajstić information content (AvgIpc) is 2.84. The fourth-order valence-corrected chi connectivity index (χ4v) is 4.33. The SMILES string of the molecule is C/C=C1\C(=C/C)C(c2ccccc2)(C2C=C=C2)c2cc(N)ccc21. The molecule has 2 aromatic rings. The zero-order valence-electron chi connectivity index (χ0n) is 14.1. The lowest BCUT2D eigenvalue weighted by Crippen LogP contribution is -2.35. The average molecular weight is 311 g/mol. The molecule has 0 aromatic heterocycles. The van der Waals surface area contributed by atoms with E-state index in [2.05, 4.69) is 86.3 Å². The molecule has 4 rings (SSSR count). The first-order valence-electron chi connectivity index (χ1n) is 8.45. The molecule has 0 aliphatic heterocycles. The number of benzene rings is 2. The van der Waals surface area contributed by atoms with Crippen molar-refractivity contribution in [3.05, 3.63) is 101 Å². The molecule has 1 unspecified atom stereocenters. The molecule has 0 spiro atoms. The summed E-state index contributed by atoms with van der Waals surface area (Å²) in [6, 6.07) is 17.1. The summed E-state index contributed by atoms with van der Waals surface area (Å²) in [4.78, 5) is 0. The van der Waals surface area contributed by atoms with Crippen molar-refractivity contribution in [2.75, 3.05) is 5.73 Å². The van der Waals surface area contributed by atoms with Gasteiger partial charge in [0.2, 0.25) is 0 Å². The molecule has 0 radical (unpaired) electrons. The second kappa shape index (κ2) is 5.40. The molecule has 0 fully saturated rings. The Morgan fingerprint density at radius 2 is 1.75 bits per heavy atom. The molecule has 1 atom stereocenters. The normalized spacial score (nSPS) is 25.2. The molecule has 0 saturated heterocycles. The van der Waals surface area contributed by atoms with E-state index in [1.807, 2.05) is 6.07 Å². The van der Waals surface area contributed by atoms with E-state index in [4.69, 9.17) is 5.73 Å². The summed E-state index contributed by atoms with van der Waals surface area (Å²) in [6.45, 7) is 4.25. The van der Waals surface area contributed by atoms with Gasteiger partial charge in [0.15, 0.2) is 0 Å². The van der Waals surface area contributed by atoms with Gasteiger partial charge < -0.3 is 5.73 Å². The van der Waals surface area contributed by atoms with Crippen LogP contribution in [-0.4, -0.2) is 0 Å². The molecular weight excluding hydrogens is 290 g/mol. The number of fused-ring (bicyclic) bond motifs is 1. The van der Waals surface area contributed by atoms with E-state index in [1.54, 1.807) is 0 Å². The van der Waals surface area contributed by atoms with Crippen molar-refractivity contribution in [1.29, 1.82) is 0 Å². The Kier molecular flexibility index (Phi) is 3.33. The number of hydrogen-bond donors (Lipinski definition) is 1. The van der Waals surface area contributed by atoms with Crippen LogP contribution in [0.3, 0.4) is 0 Å². The van der Waals surface area contributed by atoms with Crippen LogP contribution in [-0.2, 0) is 5.41 Å². The highest BCUT2D eigenvalue weighted by Gasteiger charge is 2.51. The minimum atomic E-state index is -0.214. The van der Waals surface area contributed by atoms with Crippen LogP contribution >= 0.6 is 0 Å². The van der Waals surface area contributed by atoms with Crippen LogP contribution in [0, 0.1) is 5.92 Å². The van der Waals surface area contributed by atoms with Crippen LogP contribution in [0.4, 0.5) is 5.69 Å². The van der Waals surface area contributed by atoms with Crippen molar-refractivity contribution in [3.8, 4) is 0 Å². The number of hydrogen-bond acceptors (Lipinski definition) is 1. The first-order chi connectivity index (χ1) is 11.7. The van der Waals surface area contributed by atoms with Crippen LogP contribution in [0.25, 0.3) is 5.57 Å². The zero-order chi connectivity index (χ0) is 16.7. The van der Waals surface area contributed by atoms with Crippen molar-refractivity contribution < 1.29 is 0 Å². The van der Waals surface area contributed by atoms with Crippen molar-refractivity contribution in [2.45, 2.75) is 19.3 Å². The maximum absolute atomic E-state index is 6.19. The molecular formula is C23H21N.